The highest BCUT2D eigenvalue weighted by Gasteiger charge is 2.12. The van der Waals surface area contributed by atoms with Crippen LogP contribution < -0.4 is 14.8 Å². The standard InChI is InChI=1S/C26H29NO4/c1-3-30-24-15-14-21(16-25(24)31-4-2)26(28)27-17-22-12-8-9-13-23(22)19-29-18-20-10-6-5-7-11-20/h5-16H,3-4,17-19H2,1-2H3,(H,27,28). The smallest absolute Gasteiger partial charge is 0.251 e. The van der Waals surface area contributed by atoms with Gasteiger partial charge < -0.3 is 19.5 Å². The molecular formula is C26H29NO4. The average molecular weight is 420 g/mol. The summed E-state index contributed by atoms with van der Waals surface area (Å²) in [5.74, 6) is 1.05. The minimum Gasteiger partial charge on any atom is -0.490 e. The van der Waals surface area contributed by atoms with Crippen LogP contribution in [0.3, 0.4) is 0 Å². The Balaban J connectivity index is 1.60. The summed E-state index contributed by atoms with van der Waals surface area (Å²) in [6, 6.07) is 23.3. The van der Waals surface area contributed by atoms with Crippen LogP contribution in [0, 0.1) is 0 Å². The van der Waals surface area contributed by atoms with Gasteiger partial charge in [-0.1, -0.05) is 54.6 Å². The second kappa shape index (κ2) is 11.8. The zero-order valence-electron chi connectivity index (χ0n) is 18.1. The minimum absolute atomic E-state index is 0.163. The van der Waals surface area contributed by atoms with E-state index in [9.17, 15) is 4.79 Å². The second-order valence-electron chi connectivity index (χ2n) is 6.96. The van der Waals surface area contributed by atoms with Gasteiger partial charge in [0.25, 0.3) is 5.91 Å². The summed E-state index contributed by atoms with van der Waals surface area (Å²) >= 11 is 0. The normalized spacial score (nSPS) is 10.5. The third kappa shape index (κ3) is 6.59. The summed E-state index contributed by atoms with van der Waals surface area (Å²) in [4.78, 5) is 12.7. The number of benzene rings is 3. The van der Waals surface area contributed by atoms with Crippen LogP contribution in [0.1, 0.15) is 40.9 Å². The van der Waals surface area contributed by atoms with E-state index in [1.165, 1.54) is 0 Å². The Labute approximate surface area is 184 Å². The number of rotatable bonds is 11. The van der Waals surface area contributed by atoms with Crippen molar-refractivity contribution in [3.63, 3.8) is 0 Å². The number of nitrogens with one attached hydrogen (secondary N) is 1. The SMILES string of the molecule is CCOc1ccc(C(=O)NCc2ccccc2COCc2ccccc2)cc1OCC. The molecule has 5 heteroatoms. The summed E-state index contributed by atoms with van der Waals surface area (Å²) < 4.78 is 17.1. The molecule has 0 saturated carbocycles. The molecule has 1 amide bonds. The van der Waals surface area contributed by atoms with E-state index in [4.69, 9.17) is 14.2 Å². The Hall–Kier alpha value is -3.31. The van der Waals surface area contributed by atoms with Crippen molar-refractivity contribution in [2.75, 3.05) is 13.2 Å². The highest BCUT2D eigenvalue weighted by atomic mass is 16.5. The monoisotopic (exact) mass is 419 g/mol. The van der Waals surface area contributed by atoms with Crippen molar-refractivity contribution in [2.24, 2.45) is 0 Å². The molecule has 0 bridgehead atoms. The molecule has 3 aromatic carbocycles. The number of hydrogen-bond acceptors (Lipinski definition) is 4. The van der Waals surface area contributed by atoms with Gasteiger partial charge in [-0.3, -0.25) is 4.79 Å². The van der Waals surface area contributed by atoms with E-state index in [0.717, 1.165) is 16.7 Å². The Bertz CT molecular complexity index is 972. The van der Waals surface area contributed by atoms with Crippen LogP contribution in [0.5, 0.6) is 11.5 Å². The first-order valence-corrected chi connectivity index (χ1v) is 10.6. The molecule has 0 aromatic heterocycles. The molecule has 0 unspecified atom stereocenters. The zero-order chi connectivity index (χ0) is 21.9. The molecule has 0 aliphatic rings. The van der Waals surface area contributed by atoms with E-state index in [1.807, 2.05) is 68.4 Å². The third-order valence-electron chi connectivity index (χ3n) is 4.73. The number of ether oxygens (including phenoxy) is 3. The number of carbonyl (C=O) groups is 1. The van der Waals surface area contributed by atoms with Crippen molar-refractivity contribution in [3.05, 3.63) is 95.1 Å². The molecule has 0 atom stereocenters. The summed E-state index contributed by atoms with van der Waals surface area (Å²) in [6.07, 6.45) is 0. The van der Waals surface area contributed by atoms with E-state index in [-0.39, 0.29) is 5.91 Å². The predicted octanol–water partition coefficient (Wildman–Crippen LogP) is 5.13. The van der Waals surface area contributed by atoms with Crippen LogP contribution in [0.4, 0.5) is 0 Å². The summed E-state index contributed by atoms with van der Waals surface area (Å²) in [6.45, 7) is 6.31. The van der Waals surface area contributed by atoms with Crippen molar-refractivity contribution in [1.82, 2.24) is 5.32 Å². The molecule has 0 fully saturated rings. The second-order valence-corrected chi connectivity index (χ2v) is 6.96. The van der Waals surface area contributed by atoms with Crippen LogP contribution in [0.15, 0.2) is 72.8 Å². The van der Waals surface area contributed by atoms with Crippen molar-refractivity contribution in [2.45, 2.75) is 33.6 Å². The maximum atomic E-state index is 12.7. The van der Waals surface area contributed by atoms with E-state index in [0.29, 0.717) is 50.0 Å². The molecule has 3 rings (SSSR count). The predicted molar refractivity (Wildman–Crippen MR) is 121 cm³/mol. The lowest BCUT2D eigenvalue weighted by Gasteiger charge is -2.14. The molecule has 3 aromatic rings. The summed E-state index contributed by atoms with van der Waals surface area (Å²) in [7, 11) is 0. The van der Waals surface area contributed by atoms with E-state index < -0.39 is 0 Å². The zero-order valence-corrected chi connectivity index (χ0v) is 18.1. The molecule has 162 valence electrons. The third-order valence-corrected chi connectivity index (χ3v) is 4.73. The number of hydrogen-bond donors (Lipinski definition) is 1. The first-order valence-electron chi connectivity index (χ1n) is 10.6. The molecule has 0 aliphatic heterocycles. The van der Waals surface area contributed by atoms with Gasteiger partial charge in [-0.15, -0.1) is 0 Å². The maximum absolute atomic E-state index is 12.7. The van der Waals surface area contributed by atoms with Crippen LogP contribution in [0.25, 0.3) is 0 Å². The van der Waals surface area contributed by atoms with Gasteiger partial charge in [-0.05, 0) is 48.7 Å². The number of amides is 1. The first kappa shape index (κ1) is 22.4. The molecule has 1 N–H and O–H groups in total. The highest BCUT2D eigenvalue weighted by Crippen LogP contribution is 2.28. The van der Waals surface area contributed by atoms with Gasteiger partial charge in [0, 0.05) is 12.1 Å². The van der Waals surface area contributed by atoms with Crippen LogP contribution >= 0.6 is 0 Å². The topological polar surface area (TPSA) is 56.8 Å². The fourth-order valence-electron chi connectivity index (χ4n) is 3.19. The fraction of sp³-hybridized carbons (Fsp3) is 0.269. The Morgan fingerprint density at radius 2 is 1.45 bits per heavy atom. The van der Waals surface area contributed by atoms with Gasteiger partial charge in [0.1, 0.15) is 0 Å². The summed E-state index contributed by atoms with van der Waals surface area (Å²) in [5.41, 5.74) is 3.75. The number of carbonyl (C=O) groups excluding carboxylic acids is 1. The molecule has 0 radical (unpaired) electrons. The Morgan fingerprint density at radius 1 is 0.774 bits per heavy atom. The molecule has 0 aliphatic carbocycles. The fourth-order valence-corrected chi connectivity index (χ4v) is 3.19. The minimum atomic E-state index is -0.163. The molecule has 0 heterocycles. The molecule has 31 heavy (non-hydrogen) atoms. The lowest BCUT2D eigenvalue weighted by Crippen LogP contribution is -2.23. The summed E-state index contributed by atoms with van der Waals surface area (Å²) in [5, 5.41) is 2.99. The average Bonchev–Trinajstić information content (AvgIpc) is 2.80. The van der Waals surface area contributed by atoms with Crippen molar-refractivity contribution >= 4 is 5.91 Å². The first-order chi connectivity index (χ1) is 15.2. The molecule has 0 spiro atoms. The maximum Gasteiger partial charge on any atom is 0.251 e. The molecule has 5 nitrogen and oxygen atoms in total. The van der Waals surface area contributed by atoms with Gasteiger partial charge in [-0.2, -0.15) is 0 Å². The van der Waals surface area contributed by atoms with E-state index in [1.54, 1.807) is 18.2 Å². The van der Waals surface area contributed by atoms with Crippen molar-refractivity contribution in [3.8, 4) is 11.5 Å². The van der Waals surface area contributed by atoms with Crippen molar-refractivity contribution < 1.29 is 19.0 Å². The largest absolute Gasteiger partial charge is 0.490 e. The molecule has 0 saturated heterocycles. The van der Waals surface area contributed by atoms with Gasteiger partial charge >= 0.3 is 0 Å². The molecular weight excluding hydrogens is 390 g/mol. The van der Waals surface area contributed by atoms with Gasteiger partial charge in [0.05, 0.1) is 26.4 Å². The Morgan fingerprint density at radius 3 is 2.19 bits per heavy atom. The van der Waals surface area contributed by atoms with Gasteiger partial charge in [-0.25, -0.2) is 0 Å². The van der Waals surface area contributed by atoms with E-state index in [2.05, 4.69) is 5.32 Å². The lowest BCUT2D eigenvalue weighted by molar-refractivity contribution is 0.0947. The van der Waals surface area contributed by atoms with Gasteiger partial charge in [0.2, 0.25) is 0 Å². The van der Waals surface area contributed by atoms with Crippen LogP contribution in [0.2, 0.25) is 0 Å². The Kier molecular flexibility index (Phi) is 8.49. The van der Waals surface area contributed by atoms with Gasteiger partial charge in [0.15, 0.2) is 11.5 Å². The van der Waals surface area contributed by atoms with Crippen LogP contribution in [-0.4, -0.2) is 19.1 Å². The van der Waals surface area contributed by atoms with Crippen molar-refractivity contribution in [1.29, 1.82) is 0 Å². The lowest BCUT2D eigenvalue weighted by atomic mass is 10.1. The highest BCUT2D eigenvalue weighted by molar-refractivity contribution is 5.94. The van der Waals surface area contributed by atoms with E-state index >= 15 is 0 Å². The quantitative estimate of drug-likeness (QED) is 0.468. The van der Waals surface area contributed by atoms with Crippen LogP contribution in [-0.2, 0) is 24.5 Å².